The standard InChI is InChI=1S/C10H10N2O2/c1-14-9-6-7(2-4-8(9)11)3-5-10(12)13/h2,4,6H,11H2,1H3,(H2,12,13). The largest absolute Gasteiger partial charge is 0.495 e. The quantitative estimate of drug-likeness (QED) is 0.487. The Bertz CT molecular complexity index is 416. The highest BCUT2D eigenvalue weighted by Crippen LogP contribution is 2.21. The molecule has 4 N–H and O–H groups in total. The minimum Gasteiger partial charge on any atom is -0.495 e. The first kappa shape index (κ1) is 9.93. The van der Waals surface area contributed by atoms with Crippen molar-refractivity contribution in [2.45, 2.75) is 0 Å². The van der Waals surface area contributed by atoms with Crippen LogP contribution in [0, 0.1) is 11.8 Å². The SMILES string of the molecule is COc1cc(C#CC(N)=O)ccc1N. The molecule has 0 fully saturated rings. The molecule has 4 heteroatoms. The third kappa shape index (κ3) is 2.42. The van der Waals surface area contributed by atoms with E-state index in [2.05, 4.69) is 11.8 Å². The van der Waals surface area contributed by atoms with Gasteiger partial charge in [-0.1, -0.05) is 5.92 Å². The fourth-order valence-corrected chi connectivity index (χ4v) is 0.923. The first-order valence-corrected chi connectivity index (χ1v) is 3.88. The fourth-order valence-electron chi connectivity index (χ4n) is 0.923. The molecule has 0 aromatic heterocycles. The minimum atomic E-state index is -0.666. The lowest BCUT2D eigenvalue weighted by atomic mass is 10.2. The molecule has 1 aromatic rings. The molecule has 0 heterocycles. The Labute approximate surface area is 81.8 Å². The maximum atomic E-state index is 10.4. The van der Waals surface area contributed by atoms with Crippen molar-refractivity contribution < 1.29 is 9.53 Å². The molecule has 0 spiro atoms. The molecule has 0 saturated carbocycles. The number of hydrogen-bond acceptors (Lipinski definition) is 3. The van der Waals surface area contributed by atoms with Crippen molar-refractivity contribution >= 4 is 11.6 Å². The van der Waals surface area contributed by atoms with Gasteiger partial charge in [-0.05, 0) is 24.1 Å². The molecule has 1 aromatic carbocycles. The number of amides is 1. The number of anilines is 1. The zero-order chi connectivity index (χ0) is 10.6. The van der Waals surface area contributed by atoms with Crippen LogP contribution in [0.25, 0.3) is 0 Å². The van der Waals surface area contributed by atoms with Crippen LogP contribution in [0.2, 0.25) is 0 Å². The first-order valence-electron chi connectivity index (χ1n) is 3.88. The Kier molecular flexibility index (Phi) is 2.97. The maximum Gasteiger partial charge on any atom is 0.293 e. The molecular formula is C10H10N2O2. The molecule has 4 nitrogen and oxygen atoms in total. The van der Waals surface area contributed by atoms with Crippen molar-refractivity contribution in [3.63, 3.8) is 0 Å². The van der Waals surface area contributed by atoms with E-state index in [1.165, 1.54) is 7.11 Å². The minimum absolute atomic E-state index is 0.525. The summed E-state index contributed by atoms with van der Waals surface area (Å²) in [6.07, 6.45) is 0. The van der Waals surface area contributed by atoms with E-state index in [1.54, 1.807) is 18.2 Å². The number of carbonyl (C=O) groups excluding carboxylic acids is 1. The monoisotopic (exact) mass is 190 g/mol. The lowest BCUT2D eigenvalue weighted by molar-refractivity contribution is -0.112. The van der Waals surface area contributed by atoms with Crippen molar-refractivity contribution in [3.8, 4) is 17.6 Å². The molecule has 0 aliphatic rings. The van der Waals surface area contributed by atoms with Crippen molar-refractivity contribution in [1.29, 1.82) is 0 Å². The van der Waals surface area contributed by atoms with Gasteiger partial charge in [0.25, 0.3) is 5.91 Å². The zero-order valence-corrected chi connectivity index (χ0v) is 7.70. The van der Waals surface area contributed by atoms with Gasteiger partial charge in [-0.2, -0.15) is 0 Å². The number of benzene rings is 1. The van der Waals surface area contributed by atoms with E-state index in [-0.39, 0.29) is 0 Å². The van der Waals surface area contributed by atoms with Crippen LogP contribution in [0.5, 0.6) is 5.75 Å². The Morgan fingerprint density at radius 1 is 1.50 bits per heavy atom. The molecule has 0 aliphatic carbocycles. The van der Waals surface area contributed by atoms with Crippen molar-refractivity contribution in [2.24, 2.45) is 5.73 Å². The molecule has 1 rings (SSSR count). The summed E-state index contributed by atoms with van der Waals surface area (Å²) >= 11 is 0. The number of ether oxygens (including phenoxy) is 1. The highest BCUT2D eigenvalue weighted by atomic mass is 16.5. The highest BCUT2D eigenvalue weighted by Gasteiger charge is 1.98. The van der Waals surface area contributed by atoms with Gasteiger partial charge in [-0.15, -0.1) is 0 Å². The van der Waals surface area contributed by atoms with Crippen LogP contribution in [0.15, 0.2) is 18.2 Å². The Morgan fingerprint density at radius 2 is 2.21 bits per heavy atom. The summed E-state index contributed by atoms with van der Waals surface area (Å²) in [7, 11) is 1.51. The molecule has 0 aliphatic heterocycles. The lowest BCUT2D eigenvalue weighted by Crippen LogP contribution is -2.06. The number of carbonyl (C=O) groups is 1. The van der Waals surface area contributed by atoms with E-state index >= 15 is 0 Å². The topological polar surface area (TPSA) is 78.3 Å². The lowest BCUT2D eigenvalue weighted by Gasteiger charge is -2.03. The van der Waals surface area contributed by atoms with Crippen LogP contribution in [0.3, 0.4) is 0 Å². The second kappa shape index (κ2) is 4.19. The average Bonchev–Trinajstić information content (AvgIpc) is 2.16. The van der Waals surface area contributed by atoms with Gasteiger partial charge in [0.15, 0.2) is 0 Å². The molecule has 0 unspecified atom stereocenters. The molecule has 1 amide bonds. The molecular weight excluding hydrogens is 180 g/mol. The smallest absolute Gasteiger partial charge is 0.293 e. The van der Waals surface area contributed by atoms with Crippen LogP contribution < -0.4 is 16.2 Å². The number of nitrogens with two attached hydrogens (primary N) is 2. The van der Waals surface area contributed by atoms with Gasteiger partial charge in [-0.3, -0.25) is 4.79 Å². The van der Waals surface area contributed by atoms with Crippen LogP contribution in [0.1, 0.15) is 5.56 Å². The normalized spacial score (nSPS) is 8.64. The number of nitrogen functional groups attached to an aromatic ring is 1. The van der Waals surface area contributed by atoms with Crippen LogP contribution in [0.4, 0.5) is 5.69 Å². The number of primary amides is 1. The van der Waals surface area contributed by atoms with E-state index < -0.39 is 5.91 Å². The van der Waals surface area contributed by atoms with E-state index in [0.29, 0.717) is 17.0 Å². The predicted molar refractivity (Wildman–Crippen MR) is 53.5 cm³/mol. The summed E-state index contributed by atoms with van der Waals surface area (Å²) in [6.45, 7) is 0. The third-order valence-electron chi connectivity index (χ3n) is 1.56. The highest BCUT2D eigenvalue weighted by molar-refractivity contribution is 5.92. The van der Waals surface area contributed by atoms with Gasteiger partial charge in [0.2, 0.25) is 0 Å². The maximum absolute atomic E-state index is 10.4. The second-order valence-corrected chi connectivity index (χ2v) is 2.57. The van der Waals surface area contributed by atoms with Gasteiger partial charge >= 0.3 is 0 Å². The van der Waals surface area contributed by atoms with Crippen LogP contribution >= 0.6 is 0 Å². The summed E-state index contributed by atoms with van der Waals surface area (Å²) in [4.78, 5) is 10.4. The van der Waals surface area contributed by atoms with Crippen molar-refractivity contribution in [1.82, 2.24) is 0 Å². The number of methoxy groups -OCH3 is 1. The number of hydrogen-bond donors (Lipinski definition) is 2. The summed E-state index contributed by atoms with van der Waals surface area (Å²) < 4.78 is 4.98. The van der Waals surface area contributed by atoms with E-state index in [0.717, 1.165) is 0 Å². The van der Waals surface area contributed by atoms with Crippen LogP contribution in [-0.2, 0) is 4.79 Å². The Hall–Kier alpha value is -2.15. The van der Waals surface area contributed by atoms with E-state index in [4.69, 9.17) is 16.2 Å². The summed E-state index contributed by atoms with van der Waals surface area (Å²) in [6, 6.07) is 4.99. The van der Waals surface area contributed by atoms with Crippen LogP contribution in [-0.4, -0.2) is 13.0 Å². The van der Waals surface area contributed by atoms with E-state index in [1.807, 2.05) is 0 Å². The summed E-state index contributed by atoms with van der Waals surface area (Å²) in [5.74, 6) is 4.67. The zero-order valence-electron chi connectivity index (χ0n) is 7.70. The molecule has 0 saturated heterocycles. The van der Waals surface area contributed by atoms with Crippen molar-refractivity contribution in [3.05, 3.63) is 23.8 Å². The molecule has 0 radical (unpaired) electrons. The third-order valence-corrected chi connectivity index (χ3v) is 1.56. The van der Waals surface area contributed by atoms with Gasteiger partial charge in [0.1, 0.15) is 5.75 Å². The Morgan fingerprint density at radius 3 is 2.79 bits per heavy atom. The fraction of sp³-hybridized carbons (Fsp3) is 0.100. The van der Waals surface area contributed by atoms with Gasteiger partial charge in [0, 0.05) is 5.56 Å². The van der Waals surface area contributed by atoms with Gasteiger partial charge < -0.3 is 16.2 Å². The van der Waals surface area contributed by atoms with Crippen molar-refractivity contribution in [2.75, 3.05) is 12.8 Å². The van der Waals surface area contributed by atoms with Gasteiger partial charge in [-0.25, -0.2) is 0 Å². The Balaban J connectivity index is 3.03. The average molecular weight is 190 g/mol. The summed E-state index contributed by atoms with van der Waals surface area (Å²) in [5.41, 5.74) is 11.6. The summed E-state index contributed by atoms with van der Waals surface area (Å²) in [5, 5.41) is 0. The number of rotatable bonds is 1. The predicted octanol–water partition coefficient (Wildman–Crippen LogP) is 0.114. The molecule has 0 bridgehead atoms. The van der Waals surface area contributed by atoms with E-state index in [9.17, 15) is 4.79 Å². The second-order valence-electron chi connectivity index (χ2n) is 2.57. The first-order chi connectivity index (χ1) is 6.63. The molecule has 14 heavy (non-hydrogen) atoms. The molecule has 72 valence electrons. The van der Waals surface area contributed by atoms with Gasteiger partial charge in [0.05, 0.1) is 12.8 Å². The molecule has 0 atom stereocenters.